The molecule has 0 unspecified atom stereocenters. The van der Waals surface area contributed by atoms with Crippen molar-refractivity contribution in [1.82, 2.24) is 0 Å². The highest BCUT2D eigenvalue weighted by Crippen LogP contribution is 2.38. The molecule has 0 amide bonds. The first kappa shape index (κ1) is 21.7. The molecular formula is C27H29F3O. The fraction of sp³-hybridized carbons (Fsp3) is 0.407. The van der Waals surface area contributed by atoms with Crippen LogP contribution >= 0.6 is 0 Å². The van der Waals surface area contributed by atoms with Gasteiger partial charge in [-0.1, -0.05) is 68.7 Å². The van der Waals surface area contributed by atoms with E-state index in [1.807, 2.05) is 18.2 Å². The molecule has 3 aromatic rings. The number of rotatable bonds is 6. The van der Waals surface area contributed by atoms with E-state index in [-0.39, 0.29) is 5.75 Å². The number of alkyl halides is 3. The molecule has 164 valence electrons. The van der Waals surface area contributed by atoms with Crippen LogP contribution in [0.1, 0.15) is 63.4 Å². The van der Waals surface area contributed by atoms with Crippen molar-refractivity contribution in [3.05, 3.63) is 66.2 Å². The van der Waals surface area contributed by atoms with E-state index in [4.69, 9.17) is 0 Å². The predicted octanol–water partition coefficient (Wildman–Crippen LogP) is 8.87. The van der Waals surface area contributed by atoms with Crippen LogP contribution in [0.3, 0.4) is 0 Å². The lowest BCUT2D eigenvalue weighted by molar-refractivity contribution is -0.274. The number of fused-ring (bicyclic) bond motifs is 1. The van der Waals surface area contributed by atoms with Gasteiger partial charge >= 0.3 is 6.36 Å². The molecule has 0 atom stereocenters. The van der Waals surface area contributed by atoms with Crippen molar-refractivity contribution >= 4 is 10.8 Å². The van der Waals surface area contributed by atoms with E-state index in [1.54, 1.807) is 6.07 Å². The summed E-state index contributed by atoms with van der Waals surface area (Å²) >= 11 is 0. The third-order valence-electron chi connectivity index (χ3n) is 6.57. The lowest BCUT2D eigenvalue weighted by Crippen LogP contribution is -2.16. The van der Waals surface area contributed by atoms with Crippen molar-refractivity contribution in [2.24, 2.45) is 5.92 Å². The monoisotopic (exact) mass is 426 g/mol. The number of unbranched alkanes of at least 4 members (excludes halogenated alkanes) is 1. The summed E-state index contributed by atoms with van der Waals surface area (Å²) < 4.78 is 41.3. The maximum absolute atomic E-state index is 12.4. The molecule has 0 aromatic heterocycles. The van der Waals surface area contributed by atoms with E-state index in [0.717, 1.165) is 27.8 Å². The van der Waals surface area contributed by atoms with Crippen molar-refractivity contribution in [2.75, 3.05) is 0 Å². The summed E-state index contributed by atoms with van der Waals surface area (Å²) in [5.41, 5.74) is 3.61. The highest BCUT2D eigenvalue weighted by atomic mass is 19.4. The Balaban J connectivity index is 1.44. The van der Waals surface area contributed by atoms with Crippen LogP contribution in [-0.4, -0.2) is 6.36 Å². The normalized spacial score (nSPS) is 19.5. The Hall–Kier alpha value is -2.49. The van der Waals surface area contributed by atoms with Gasteiger partial charge in [0, 0.05) is 0 Å². The Morgan fingerprint density at radius 2 is 1.45 bits per heavy atom. The van der Waals surface area contributed by atoms with Gasteiger partial charge in [-0.15, -0.1) is 13.2 Å². The average molecular weight is 427 g/mol. The molecule has 31 heavy (non-hydrogen) atoms. The smallest absolute Gasteiger partial charge is 0.406 e. The van der Waals surface area contributed by atoms with Gasteiger partial charge in [-0.3, -0.25) is 0 Å². The molecule has 1 nitrogen and oxygen atoms in total. The summed E-state index contributed by atoms with van der Waals surface area (Å²) in [4.78, 5) is 0. The Bertz CT molecular complexity index is 999. The number of ether oxygens (including phenoxy) is 1. The second-order valence-corrected chi connectivity index (χ2v) is 8.75. The van der Waals surface area contributed by atoms with Gasteiger partial charge in [0.15, 0.2) is 0 Å². The molecule has 1 aliphatic rings. The van der Waals surface area contributed by atoms with Crippen LogP contribution in [0.5, 0.6) is 5.75 Å². The van der Waals surface area contributed by atoms with Crippen molar-refractivity contribution in [3.63, 3.8) is 0 Å². The number of halogens is 3. The fourth-order valence-electron chi connectivity index (χ4n) is 4.83. The van der Waals surface area contributed by atoms with Gasteiger partial charge < -0.3 is 4.74 Å². The maximum atomic E-state index is 12.4. The Labute approximate surface area is 182 Å². The van der Waals surface area contributed by atoms with Gasteiger partial charge in [0.1, 0.15) is 5.75 Å². The average Bonchev–Trinajstić information content (AvgIpc) is 2.77. The Kier molecular flexibility index (Phi) is 6.54. The van der Waals surface area contributed by atoms with E-state index in [9.17, 15) is 13.2 Å². The van der Waals surface area contributed by atoms with Gasteiger partial charge in [-0.2, -0.15) is 0 Å². The van der Waals surface area contributed by atoms with Gasteiger partial charge in [-0.25, -0.2) is 0 Å². The predicted molar refractivity (Wildman–Crippen MR) is 120 cm³/mol. The summed E-state index contributed by atoms with van der Waals surface area (Å²) in [5.74, 6) is 1.38. The summed E-state index contributed by atoms with van der Waals surface area (Å²) in [6.45, 7) is 2.27. The number of hydrogen-bond acceptors (Lipinski definition) is 1. The van der Waals surface area contributed by atoms with Crippen LogP contribution in [0.25, 0.3) is 21.9 Å². The standard InChI is InChI=1S/C27H29F3O/c1-2-3-4-19-5-7-20(8-6-19)21-9-11-22(12-10-21)23-13-14-25-18-26(31-27(28,29)30)16-15-24(25)17-23/h9-20H,2-8H2,1H3. The number of hydrogen-bond donors (Lipinski definition) is 0. The Morgan fingerprint density at radius 1 is 0.806 bits per heavy atom. The molecule has 0 bridgehead atoms. The molecular weight excluding hydrogens is 397 g/mol. The maximum Gasteiger partial charge on any atom is 0.573 e. The largest absolute Gasteiger partial charge is 0.573 e. The van der Waals surface area contributed by atoms with E-state index < -0.39 is 6.36 Å². The molecule has 0 radical (unpaired) electrons. The zero-order valence-corrected chi connectivity index (χ0v) is 17.9. The van der Waals surface area contributed by atoms with Crippen LogP contribution in [0.15, 0.2) is 60.7 Å². The second kappa shape index (κ2) is 9.33. The first-order valence-electron chi connectivity index (χ1n) is 11.3. The van der Waals surface area contributed by atoms with E-state index >= 15 is 0 Å². The lowest BCUT2D eigenvalue weighted by Gasteiger charge is -2.29. The van der Waals surface area contributed by atoms with Crippen LogP contribution in [0.2, 0.25) is 0 Å². The zero-order chi connectivity index (χ0) is 21.8. The van der Waals surface area contributed by atoms with Gasteiger partial charge in [0.05, 0.1) is 0 Å². The zero-order valence-electron chi connectivity index (χ0n) is 17.9. The van der Waals surface area contributed by atoms with Crippen LogP contribution in [0, 0.1) is 5.92 Å². The summed E-state index contributed by atoms with van der Waals surface area (Å²) in [5, 5.41) is 1.61. The molecule has 1 fully saturated rings. The molecule has 1 aliphatic carbocycles. The van der Waals surface area contributed by atoms with E-state index in [0.29, 0.717) is 5.92 Å². The fourth-order valence-corrected chi connectivity index (χ4v) is 4.83. The van der Waals surface area contributed by atoms with E-state index in [2.05, 4.69) is 35.9 Å². The van der Waals surface area contributed by atoms with Crippen molar-refractivity contribution < 1.29 is 17.9 Å². The van der Waals surface area contributed by atoms with E-state index in [1.165, 1.54) is 62.6 Å². The molecule has 4 rings (SSSR count). The molecule has 3 aromatic carbocycles. The second-order valence-electron chi connectivity index (χ2n) is 8.75. The quantitative estimate of drug-likeness (QED) is 0.382. The molecule has 0 saturated heterocycles. The van der Waals surface area contributed by atoms with Crippen LogP contribution < -0.4 is 4.74 Å². The van der Waals surface area contributed by atoms with Crippen LogP contribution in [-0.2, 0) is 0 Å². The molecule has 0 spiro atoms. The van der Waals surface area contributed by atoms with Crippen molar-refractivity contribution in [1.29, 1.82) is 0 Å². The first-order chi connectivity index (χ1) is 14.9. The van der Waals surface area contributed by atoms with Gasteiger partial charge in [0.25, 0.3) is 0 Å². The Morgan fingerprint density at radius 3 is 2.13 bits per heavy atom. The van der Waals surface area contributed by atoms with Crippen LogP contribution in [0.4, 0.5) is 13.2 Å². The minimum Gasteiger partial charge on any atom is -0.406 e. The van der Waals surface area contributed by atoms with Gasteiger partial charge in [-0.05, 0) is 83.2 Å². The lowest BCUT2D eigenvalue weighted by atomic mass is 9.77. The molecule has 1 saturated carbocycles. The molecule has 0 aliphatic heterocycles. The highest BCUT2D eigenvalue weighted by Gasteiger charge is 2.31. The minimum absolute atomic E-state index is 0.193. The SMILES string of the molecule is CCCCC1CCC(c2ccc(-c3ccc4cc(OC(F)(F)F)ccc4c3)cc2)CC1. The summed E-state index contributed by atoms with van der Waals surface area (Å²) in [6.07, 6.45) is 4.61. The highest BCUT2D eigenvalue weighted by molar-refractivity contribution is 5.88. The third-order valence-corrected chi connectivity index (χ3v) is 6.57. The number of benzene rings is 3. The van der Waals surface area contributed by atoms with Crippen molar-refractivity contribution in [2.45, 2.75) is 64.1 Å². The van der Waals surface area contributed by atoms with Gasteiger partial charge in [0.2, 0.25) is 0 Å². The first-order valence-corrected chi connectivity index (χ1v) is 11.3. The van der Waals surface area contributed by atoms with Crippen molar-refractivity contribution in [3.8, 4) is 16.9 Å². The topological polar surface area (TPSA) is 9.23 Å². The molecule has 4 heteroatoms. The summed E-state index contributed by atoms with van der Waals surface area (Å²) in [7, 11) is 0. The third kappa shape index (κ3) is 5.61. The molecule has 0 heterocycles. The molecule has 0 N–H and O–H groups in total. The summed E-state index contributed by atoms with van der Waals surface area (Å²) in [6, 6.07) is 19.1. The minimum atomic E-state index is -4.68.